The van der Waals surface area contributed by atoms with Crippen LogP contribution in [0.4, 0.5) is 5.69 Å². The molecule has 3 aromatic rings. The Bertz CT molecular complexity index is 1140. The average molecular weight is 472 g/mol. The first-order valence-electron chi connectivity index (χ1n) is 10.5. The number of nitrogens with one attached hydrogen (secondary N) is 1. The number of methoxy groups -OCH3 is 1. The molecule has 0 saturated heterocycles. The Morgan fingerprint density at radius 2 is 1.91 bits per heavy atom. The van der Waals surface area contributed by atoms with Gasteiger partial charge in [0.15, 0.2) is 12.3 Å². The number of nitrogens with zero attached hydrogens (tertiary/aromatic N) is 4. The number of carbonyl (C=O) groups excluding carboxylic acids is 2. The molecule has 33 heavy (non-hydrogen) atoms. The molecule has 2 aromatic carbocycles. The van der Waals surface area contributed by atoms with Crippen molar-refractivity contribution in [2.24, 2.45) is 0 Å². The third-order valence-electron chi connectivity index (χ3n) is 5.06. The van der Waals surface area contributed by atoms with Crippen LogP contribution in [0.1, 0.15) is 30.0 Å². The second-order valence-corrected chi connectivity index (χ2v) is 7.50. The fourth-order valence-corrected chi connectivity index (χ4v) is 3.45. The lowest BCUT2D eigenvalue weighted by Crippen LogP contribution is -2.34. The molecule has 0 saturated carbocycles. The van der Waals surface area contributed by atoms with E-state index >= 15 is 0 Å². The van der Waals surface area contributed by atoms with E-state index in [-0.39, 0.29) is 23.2 Å². The number of carbonyl (C=O) groups is 2. The lowest BCUT2D eigenvalue weighted by molar-refractivity contribution is -0.132. The standard InChI is InChI=1S/C23H26ClN5O4/c1-5-28(6-2)21(30)14-33-20-11-10-16(12-19(20)24)25-23(31)22-15(3)29(27-26-22)17-8-7-9-18(13-17)32-4/h7-13H,5-6,14H2,1-4H3,(H,25,31). The van der Waals surface area contributed by atoms with Gasteiger partial charge in [0.05, 0.1) is 23.5 Å². The van der Waals surface area contributed by atoms with Gasteiger partial charge in [-0.15, -0.1) is 5.10 Å². The Morgan fingerprint density at radius 1 is 1.15 bits per heavy atom. The summed E-state index contributed by atoms with van der Waals surface area (Å²) >= 11 is 6.29. The minimum atomic E-state index is -0.428. The number of likely N-dealkylation sites (N-methyl/N-ethyl adjacent to an activating group) is 1. The summed E-state index contributed by atoms with van der Waals surface area (Å²) in [6.45, 7) is 6.68. The van der Waals surface area contributed by atoms with Gasteiger partial charge in [-0.1, -0.05) is 22.9 Å². The molecular formula is C23H26ClN5O4. The van der Waals surface area contributed by atoms with Crippen LogP contribution in [0, 0.1) is 6.92 Å². The quantitative estimate of drug-likeness (QED) is 0.510. The number of anilines is 1. The fourth-order valence-electron chi connectivity index (χ4n) is 3.22. The Balaban J connectivity index is 1.69. The summed E-state index contributed by atoms with van der Waals surface area (Å²) in [6.07, 6.45) is 0. The van der Waals surface area contributed by atoms with Crippen molar-refractivity contribution < 1.29 is 19.1 Å². The molecule has 0 atom stereocenters. The highest BCUT2D eigenvalue weighted by molar-refractivity contribution is 6.32. The van der Waals surface area contributed by atoms with Gasteiger partial charge in [0.1, 0.15) is 11.5 Å². The van der Waals surface area contributed by atoms with E-state index in [9.17, 15) is 9.59 Å². The Kier molecular flexibility index (Phi) is 7.89. The number of rotatable bonds is 9. The van der Waals surface area contributed by atoms with Crippen molar-refractivity contribution in [1.82, 2.24) is 19.9 Å². The first-order valence-corrected chi connectivity index (χ1v) is 10.8. The highest BCUT2D eigenvalue weighted by Crippen LogP contribution is 2.28. The van der Waals surface area contributed by atoms with Crippen molar-refractivity contribution in [3.8, 4) is 17.2 Å². The van der Waals surface area contributed by atoms with E-state index in [1.165, 1.54) is 0 Å². The van der Waals surface area contributed by atoms with Gasteiger partial charge < -0.3 is 19.7 Å². The lowest BCUT2D eigenvalue weighted by Gasteiger charge is -2.19. The number of hydrogen-bond donors (Lipinski definition) is 1. The minimum absolute atomic E-state index is 0.111. The molecule has 0 bridgehead atoms. The summed E-state index contributed by atoms with van der Waals surface area (Å²) in [6, 6.07) is 12.1. The second kappa shape index (κ2) is 10.8. The van der Waals surface area contributed by atoms with Crippen molar-refractivity contribution >= 4 is 29.1 Å². The predicted molar refractivity (Wildman–Crippen MR) is 125 cm³/mol. The highest BCUT2D eigenvalue weighted by atomic mass is 35.5. The molecule has 0 unspecified atom stereocenters. The molecular weight excluding hydrogens is 446 g/mol. The van der Waals surface area contributed by atoms with Crippen LogP contribution in [-0.4, -0.2) is 58.5 Å². The summed E-state index contributed by atoms with van der Waals surface area (Å²) in [4.78, 5) is 26.6. The summed E-state index contributed by atoms with van der Waals surface area (Å²) in [5.41, 5.74) is 1.94. The van der Waals surface area contributed by atoms with Gasteiger partial charge in [-0.05, 0) is 51.1 Å². The van der Waals surface area contributed by atoms with E-state index in [1.807, 2.05) is 32.0 Å². The van der Waals surface area contributed by atoms with Crippen LogP contribution in [0.2, 0.25) is 5.02 Å². The largest absolute Gasteiger partial charge is 0.497 e. The number of ether oxygens (including phenoxy) is 2. The monoisotopic (exact) mass is 471 g/mol. The van der Waals surface area contributed by atoms with Crippen molar-refractivity contribution in [2.75, 3.05) is 32.1 Å². The third kappa shape index (κ3) is 5.61. The van der Waals surface area contributed by atoms with E-state index in [4.69, 9.17) is 21.1 Å². The maximum absolute atomic E-state index is 12.8. The molecule has 0 radical (unpaired) electrons. The number of amides is 2. The van der Waals surface area contributed by atoms with E-state index in [2.05, 4.69) is 15.6 Å². The number of halogens is 1. The van der Waals surface area contributed by atoms with Crippen LogP contribution in [-0.2, 0) is 4.79 Å². The van der Waals surface area contributed by atoms with Crippen LogP contribution in [0.3, 0.4) is 0 Å². The molecule has 9 nitrogen and oxygen atoms in total. The van der Waals surface area contributed by atoms with E-state index in [1.54, 1.807) is 47.9 Å². The van der Waals surface area contributed by atoms with Crippen molar-refractivity contribution in [1.29, 1.82) is 0 Å². The van der Waals surface area contributed by atoms with Crippen molar-refractivity contribution in [2.45, 2.75) is 20.8 Å². The molecule has 3 rings (SSSR count). The molecule has 10 heteroatoms. The lowest BCUT2D eigenvalue weighted by atomic mass is 10.2. The molecule has 1 N–H and O–H groups in total. The number of benzene rings is 2. The summed E-state index contributed by atoms with van der Waals surface area (Å²) in [5.74, 6) is 0.477. The van der Waals surface area contributed by atoms with Crippen molar-refractivity contribution in [3.63, 3.8) is 0 Å². The van der Waals surface area contributed by atoms with Gasteiger partial charge in [-0.25, -0.2) is 4.68 Å². The van der Waals surface area contributed by atoms with Gasteiger partial charge in [-0.3, -0.25) is 9.59 Å². The topological polar surface area (TPSA) is 98.6 Å². The smallest absolute Gasteiger partial charge is 0.278 e. The van der Waals surface area contributed by atoms with Crippen LogP contribution in [0.15, 0.2) is 42.5 Å². The highest BCUT2D eigenvalue weighted by Gasteiger charge is 2.19. The van der Waals surface area contributed by atoms with Gasteiger partial charge in [0, 0.05) is 24.8 Å². The first-order chi connectivity index (χ1) is 15.9. The van der Waals surface area contributed by atoms with Gasteiger partial charge in [0.25, 0.3) is 11.8 Å². The zero-order valence-corrected chi connectivity index (χ0v) is 19.7. The van der Waals surface area contributed by atoms with Crippen LogP contribution >= 0.6 is 11.6 Å². The average Bonchev–Trinajstić information content (AvgIpc) is 3.20. The molecule has 174 valence electrons. The summed E-state index contributed by atoms with van der Waals surface area (Å²) in [5, 5.41) is 11.2. The Labute approximate surface area is 197 Å². The van der Waals surface area contributed by atoms with E-state index in [0.717, 1.165) is 5.69 Å². The van der Waals surface area contributed by atoms with Crippen LogP contribution in [0.5, 0.6) is 11.5 Å². The third-order valence-corrected chi connectivity index (χ3v) is 5.36. The Morgan fingerprint density at radius 3 is 2.58 bits per heavy atom. The van der Waals surface area contributed by atoms with E-state index < -0.39 is 5.91 Å². The zero-order chi connectivity index (χ0) is 24.0. The molecule has 0 spiro atoms. The first kappa shape index (κ1) is 24.1. The fraction of sp³-hybridized carbons (Fsp3) is 0.304. The van der Waals surface area contributed by atoms with Gasteiger partial charge in [0.2, 0.25) is 0 Å². The number of hydrogen-bond acceptors (Lipinski definition) is 6. The summed E-state index contributed by atoms with van der Waals surface area (Å²) in [7, 11) is 1.58. The molecule has 2 amide bonds. The molecule has 1 aromatic heterocycles. The Hall–Kier alpha value is -3.59. The maximum Gasteiger partial charge on any atom is 0.278 e. The van der Waals surface area contributed by atoms with Crippen molar-refractivity contribution in [3.05, 3.63) is 58.9 Å². The summed E-state index contributed by atoms with van der Waals surface area (Å²) < 4.78 is 12.3. The van der Waals surface area contributed by atoms with E-state index in [0.29, 0.717) is 36.0 Å². The molecule has 0 aliphatic heterocycles. The van der Waals surface area contributed by atoms with Crippen LogP contribution < -0.4 is 14.8 Å². The molecule has 0 fully saturated rings. The molecule has 0 aliphatic carbocycles. The molecule has 0 aliphatic rings. The maximum atomic E-state index is 12.8. The van der Waals surface area contributed by atoms with Gasteiger partial charge in [-0.2, -0.15) is 0 Å². The number of aromatic nitrogens is 3. The predicted octanol–water partition coefficient (Wildman–Crippen LogP) is 3.74. The SMILES string of the molecule is CCN(CC)C(=O)COc1ccc(NC(=O)c2nnn(-c3cccc(OC)c3)c2C)cc1Cl. The second-order valence-electron chi connectivity index (χ2n) is 7.09. The zero-order valence-electron chi connectivity index (χ0n) is 19.0. The minimum Gasteiger partial charge on any atom is -0.497 e. The van der Waals surface area contributed by atoms with Crippen LogP contribution in [0.25, 0.3) is 5.69 Å². The van der Waals surface area contributed by atoms with Gasteiger partial charge >= 0.3 is 0 Å². The molecule has 1 heterocycles. The normalized spacial score (nSPS) is 10.6.